The summed E-state index contributed by atoms with van der Waals surface area (Å²) in [5.41, 5.74) is 0.650. The summed E-state index contributed by atoms with van der Waals surface area (Å²) >= 11 is 0. The SMILES string of the molecule is CCN(C)CCOCCOC(=O)C1(c2ccccc2)CCCC1. The highest BCUT2D eigenvalue weighted by Gasteiger charge is 2.43. The van der Waals surface area contributed by atoms with Gasteiger partial charge < -0.3 is 14.4 Å². The summed E-state index contributed by atoms with van der Waals surface area (Å²) in [5.74, 6) is -0.0875. The Labute approximate surface area is 139 Å². The number of rotatable bonds is 9. The summed E-state index contributed by atoms with van der Waals surface area (Å²) in [6.45, 7) is 5.51. The fourth-order valence-electron chi connectivity index (χ4n) is 3.16. The van der Waals surface area contributed by atoms with Crippen LogP contribution >= 0.6 is 0 Å². The lowest BCUT2D eigenvalue weighted by Crippen LogP contribution is -2.35. The zero-order valence-corrected chi connectivity index (χ0v) is 14.4. The van der Waals surface area contributed by atoms with Gasteiger partial charge in [-0.1, -0.05) is 50.1 Å². The van der Waals surface area contributed by atoms with E-state index in [1.807, 2.05) is 30.3 Å². The van der Waals surface area contributed by atoms with Gasteiger partial charge in [0.1, 0.15) is 6.61 Å². The van der Waals surface area contributed by atoms with Crippen molar-refractivity contribution in [1.29, 1.82) is 0 Å². The first kappa shape index (κ1) is 18.0. The van der Waals surface area contributed by atoms with Gasteiger partial charge in [0, 0.05) is 6.54 Å². The topological polar surface area (TPSA) is 38.8 Å². The molecule has 1 aliphatic carbocycles. The van der Waals surface area contributed by atoms with Crippen LogP contribution in [0.5, 0.6) is 0 Å². The summed E-state index contributed by atoms with van der Waals surface area (Å²) < 4.78 is 11.1. The molecule has 4 heteroatoms. The fourth-order valence-corrected chi connectivity index (χ4v) is 3.16. The van der Waals surface area contributed by atoms with Gasteiger partial charge in [-0.3, -0.25) is 4.79 Å². The first-order valence-electron chi connectivity index (χ1n) is 8.68. The van der Waals surface area contributed by atoms with Gasteiger partial charge >= 0.3 is 5.97 Å². The molecule has 0 aromatic heterocycles. The van der Waals surface area contributed by atoms with Crippen LogP contribution in [-0.2, 0) is 19.7 Å². The van der Waals surface area contributed by atoms with Gasteiger partial charge in [0.05, 0.1) is 18.6 Å². The molecule has 1 aromatic carbocycles. The van der Waals surface area contributed by atoms with Crippen molar-refractivity contribution >= 4 is 5.97 Å². The van der Waals surface area contributed by atoms with Crippen LogP contribution in [0.2, 0.25) is 0 Å². The third kappa shape index (κ3) is 4.79. The molecule has 4 nitrogen and oxygen atoms in total. The number of hydrogen-bond donors (Lipinski definition) is 0. The molecule has 1 fully saturated rings. The van der Waals surface area contributed by atoms with Gasteiger partial charge in [-0.05, 0) is 32.0 Å². The first-order valence-corrected chi connectivity index (χ1v) is 8.68. The zero-order chi connectivity index (χ0) is 16.5. The van der Waals surface area contributed by atoms with Crippen LogP contribution in [0.1, 0.15) is 38.2 Å². The molecule has 0 spiro atoms. The molecule has 0 atom stereocenters. The first-order chi connectivity index (χ1) is 11.2. The predicted molar refractivity (Wildman–Crippen MR) is 91.5 cm³/mol. The average Bonchev–Trinajstić information content (AvgIpc) is 3.09. The molecule has 2 rings (SSSR count). The van der Waals surface area contributed by atoms with E-state index in [4.69, 9.17) is 9.47 Å². The maximum atomic E-state index is 12.7. The van der Waals surface area contributed by atoms with Crippen LogP contribution < -0.4 is 0 Å². The van der Waals surface area contributed by atoms with E-state index in [2.05, 4.69) is 18.9 Å². The number of benzene rings is 1. The van der Waals surface area contributed by atoms with Crippen LogP contribution in [0.25, 0.3) is 0 Å². The molecule has 0 amide bonds. The molecule has 128 valence electrons. The molecule has 23 heavy (non-hydrogen) atoms. The Hall–Kier alpha value is -1.39. The number of esters is 1. The van der Waals surface area contributed by atoms with E-state index in [1.165, 1.54) is 0 Å². The number of ether oxygens (including phenoxy) is 2. The van der Waals surface area contributed by atoms with Crippen LogP contribution in [0.3, 0.4) is 0 Å². The largest absolute Gasteiger partial charge is 0.463 e. The average molecular weight is 319 g/mol. The van der Waals surface area contributed by atoms with Gasteiger partial charge in [-0.15, -0.1) is 0 Å². The van der Waals surface area contributed by atoms with E-state index in [0.717, 1.165) is 44.3 Å². The molecule has 1 aromatic rings. The van der Waals surface area contributed by atoms with Crippen LogP contribution in [0, 0.1) is 0 Å². The summed E-state index contributed by atoms with van der Waals surface area (Å²) in [6.07, 6.45) is 3.95. The molecular weight excluding hydrogens is 290 g/mol. The van der Waals surface area contributed by atoms with E-state index < -0.39 is 5.41 Å². The minimum atomic E-state index is -0.441. The summed E-state index contributed by atoms with van der Waals surface area (Å²) in [7, 11) is 2.06. The Morgan fingerprint density at radius 3 is 2.48 bits per heavy atom. The quantitative estimate of drug-likeness (QED) is 0.518. The van der Waals surface area contributed by atoms with Crippen LogP contribution in [0.4, 0.5) is 0 Å². The Balaban J connectivity index is 1.79. The molecule has 0 saturated heterocycles. The number of carbonyl (C=O) groups is 1. The van der Waals surface area contributed by atoms with Crippen LogP contribution in [0.15, 0.2) is 30.3 Å². The zero-order valence-electron chi connectivity index (χ0n) is 14.4. The van der Waals surface area contributed by atoms with Gasteiger partial charge in [0.15, 0.2) is 0 Å². The molecule has 0 N–H and O–H groups in total. The molecule has 0 bridgehead atoms. The van der Waals surface area contributed by atoms with Crippen molar-refractivity contribution in [2.24, 2.45) is 0 Å². The third-order valence-electron chi connectivity index (χ3n) is 4.79. The molecule has 0 radical (unpaired) electrons. The smallest absolute Gasteiger partial charge is 0.316 e. The van der Waals surface area contributed by atoms with E-state index in [9.17, 15) is 4.79 Å². The summed E-state index contributed by atoms with van der Waals surface area (Å²) in [5, 5.41) is 0. The number of hydrogen-bond acceptors (Lipinski definition) is 4. The van der Waals surface area contributed by atoms with Gasteiger partial charge in [0.2, 0.25) is 0 Å². The van der Waals surface area contributed by atoms with Gasteiger partial charge in [0.25, 0.3) is 0 Å². The second kappa shape index (κ2) is 9.04. The van der Waals surface area contributed by atoms with Crippen molar-refractivity contribution in [3.8, 4) is 0 Å². The van der Waals surface area contributed by atoms with E-state index in [-0.39, 0.29) is 5.97 Å². The monoisotopic (exact) mass is 319 g/mol. The van der Waals surface area contributed by atoms with Crippen molar-refractivity contribution in [3.63, 3.8) is 0 Å². The minimum Gasteiger partial charge on any atom is -0.463 e. The van der Waals surface area contributed by atoms with Gasteiger partial charge in [-0.2, -0.15) is 0 Å². The summed E-state index contributed by atoms with van der Waals surface area (Å²) in [4.78, 5) is 14.9. The summed E-state index contributed by atoms with van der Waals surface area (Å²) in [6, 6.07) is 10.1. The maximum absolute atomic E-state index is 12.7. The second-order valence-corrected chi connectivity index (χ2v) is 6.30. The van der Waals surface area contributed by atoms with Crippen molar-refractivity contribution in [3.05, 3.63) is 35.9 Å². The molecular formula is C19H29NO3. The highest BCUT2D eigenvalue weighted by molar-refractivity contribution is 5.83. The number of nitrogens with zero attached hydrogens (tertiary/aromatic N) is 1. The number of likely N-dealkylation sites (N-methyl/N-ethyl adjacent to an activating group) is 1. The molecule has 0 heterocycles. The van der Waals surface area contributed by atoms with E-state index >= 15 is 0 Å². The maximum Gasteiger partial charge on any atom is 0.316 e. The minimum absolute atomic E-state index is 0.0875. The van der Waals surface area contributed by atoms with Crippen molar-refractivity contribution in [2.75, 3.05) is 40.0 Å². The molecule has 1 aliphatic rings. The standard InChI is InChI=1S/C19H29NO3/c1-3-20(2)13-14-22-15-16-23-18(21)19(11-7-8-12-19)17-9-5-4-6-10-17/h4-6,9-10H,3,7-8,11-16H2,1-2H3. The van der Waals surface area contributed by atoms with Crippen LogP contribution in [-0.4, -0.2) is 50.8 Å². The van der Waals surface area contributed by atoms with Crippen molar-refractivity contribution in [2.45, 2.75) is 38.0 Å². The van der Waals surface area contributed by atoms with Crippen molar-refractivity contribution in [1.82, 2.24) is 4.90 Å². The third-order valence-corrected chi connectivity index (χ3v) is 4.79. The molecule has 1 saturated carbocycles. The Kier molecular flexibility index (Phi) is 7.06. The fraction of sp³-hybridized carbons (Fsp3) is 0.632. The van der Waals surface area contributed by atoms with Gasteiger partial charge in [-0.25, -0.2) is 0 Å². The predicted octanol–water partition coefficient (Wildman–Crippen LogP) is 3.01. The van der Waals surface area contributed by atoms with E-state index in [0.29, 0.717) is 19.8 Å². The normalized spacial score (nSPS) is 16.7. The van der Waals surface area contributed by atoms with Crippen molar-refractivity contribution < 1.29 is 14.3 Å². The lowest BCUT2D eigenvalue weighted by atomic mass is 9.79. The lowest BCUT2D eigenvalue weighted by molar-refractivity contribution is -0.152. The highest BCUT2D eigenvalue weighted by Crippen LogP contribution is 2.42. The highest BCUT2D eigenvalue weighted by atomic mass is 16.6. The Bertz CT molecular complexity index is 469. The number of carbonyl (C=O) groups excluding carboxylic acids is 1. The molecule has 0 aliphatic heterocycles. The Morgan fingerprint density at radius 2 is 1.83 bits per heavy atom. The second-order valence-electron chi connectivity index (χ2n) is 6.30. The lowest BCUT2D eigenvalue weighted by Gasteiger charge is -2.27. The van der Waals surface area contributed by atoms with E-state index in [1.54, 1.807) is 0 Å². The molecule has 0 unspecified atom stereocenters. The Morgan fingerprint density at radius 1 is 1.13 bits per heavy atom.